The van der Waals surface area contributed by atoms with E-state index in [0.29, 0.717) is 6.04 Å². The van der Waals surface area contributed by atoms with E-state index in [1.54, 1.807) is 6.20 Å². The van der Waals surface area contributed by atoms with Crippen LogP contribution in [-0.4, -0.2) is 23.1 Å². The van der Waals surface area contributed by atoms with Gasteiger partial charge in [0.05, 0.1) is 0 Å². The molecular weight excluding hydrogens is 290 g/mol. The number of rotatable bonds is 5. The molecule has 4 heteroatoms. The number of pyridine rings is 2. The number of hydrogen-bond acceptors (Lipinski definition) is 3. The van der Waals surface area contributed by atoms with Gasteiger partial charge in [-0.3, -0.25) is 9.97 Å². The molecule has 3 nitrogen and oxygen atoms in total. The molecule has 0 fully saturated rings. The molecule has 2 rings (SSSR count). The molecule has 0 saturated heterocycles. The predicted molar refractivity (Wildman–Crippen MR) is 76.4 cm³/mol. The first-order valence-corrected chi connectivity index (χ1v) is 6.74. The SMILES string of the molecule is CNC(Cc1cccnc1)Cc1ccc(Br)cn1. The van der Waals surface area contributed by atoms with Crippen LogP contribution in [-0.2, 0) is 12.8 Å². The van der Waals surface area contributed by atoms with Crippen molar-refractivity contribution in [2.75, 3.05) is 7.05 Å². The van der Waals surface area contributed by atoms with Crippen molar-refractivity contribution in [3.8, 4) is 0 Å². The lowest BCUT2D eigenvalue weighted by Gasteiger charge is -2.15. The zero-order valence-electron chi connectivity index (χ0n) is 10.3. The van der Waals surface area contributed by atoms with Gasteiger partial charge >= 0.3 is 0 Å². The van der Waals surface area contributed by atoms with E-state index in [1.165, 1.54) is 5.56 Å². The Morgan fingerprint density at radius 3 is 2.72 bits per heavy atom. The third kappa shape index (κ3) is 3.89. The Balaban J connectivity index is 1.99. The lowest BCUT2D eigenvalue weighted by molar-refractivity contribution is 0.549. The van der Waals surface area contributed by atoms with Crippen LogP contribution in [0.4, 0.5) is 0 Å². The number of aromatic nitrogens is 2. The van der Waals surface area contributed by atoms with Crippen molar-refractivity contribution in [3.05, 3.63) is 58.6 Å². The molecule has 2 aromatic heterocycles. The first kappa shape index (κ1) is 13.2. The number of hydrogen-bond donors (Lipinski definition) is 1. The van der Waals surface area contributed by atoms with Crippen LogP contribution in [0.15, 0.2) is 47.3 Å². The molecule has 0 saturated carbocycles. The molecule has 0 aliphatic rings. The maximum atomic E-state index is 4.41. The Bertz CT molecular complexity index is 470. The second-order valence-electron chi connectivity index (χ2n) is 4.22. The van der Waals surface area contributed by atoms with E-state index in [-0.39, 0.29) is 0 Å². The maximum absolute atomic E-state index is 4.41. The highest BCUT2D eigenvalue weighted by Gasteiger charge is 2.09. The van der Waals surface area contributed by atoms with Crippen LogP contribution in [0, 0.1) is 0 Å². The minimum Gasteiger partial charge on any atom is -0.316 e. The van der Waals surface area contributed by atoms with E-state index in [2.05, 4.69) is 43.3 Å². The van der Waals surface area contributed by atoms with Crippen molar-refractivity contribution in [3.63, 3.8) is 0 Å². The average Bonchev–Trinajstić information content (AvgIpc) is 2.41. The molecule has 2 heterocycles. The van der Waals surface area contributed by atoms with Gasteiger partial charge in [-0.25, -0.2) is 0 Å². The highest BCUT2D eigenvalue weighted by molar-refractivity contribution is 9.10. The molecule has 2 aromatic rings. The van der Waals surface area contributed by atoms with Gasteiger partial charge in [-0.1, -0.05) is 6.07 Å². The van der Waals surface area contributed by atoms with Crippen LogP contribution in [0.5, 0.6) is 0 Å². The van der Waals surface area contributed by atoms with Crippen molar-refractivity contribution in [1.82, 2.24) is 15.3 Å². The van der Waals surface area contributed by atoms with Crippen molar-refractivity contribution >= 4 is 15.9 Å². The largest absolute Gasteiger partial charge is 0.316 e. The molecule has 1 unspecified atom stereocenters. The number of nitrogens with zero attached hydrogens (tertiary/aromatic N) is 2. The summed E-state index contributed by atoms with van der Waals surface area (Å²) < 4.78 is 1.01. The second-order valence-corrected chi connectivity index (χ2v) is 5.14. The fourth-order valence-electron chi connectivity index (χ4n) is 1.86. The molecule has 0 spiro atoms. The summed E-state index contributed by atoms with van der Waals surface area (Å²) in [5.74, 6) is 0. The second kappa shape index (κ2) is 6.61. The highest BCUT2D eigenvalue weighted by Crippen LogP contribution is 2.10. The summed E-state index contributed by atoms with van der Waals surface area (Å²) in [6.45, 7) is 0. The monoisotopic (exact) mass is 305 g/mol. The van der Waals surface area contributed by atoms with Gasteiger partial charge in [0.15, 0.2) is 0 Å². The summed E-state index contributed by atoms with van der Waals surface area (Å²) in [5.41, 5.74) is 2.34. The summed E-state index contributed by atoms with van der Waals surface area (Å²) in [7, 11) is 1.99. The Kier molecular flexibility index (Phi) is 4.84. The van der Waals surface area contributed by atoms with E-state index >= 15 is 0 Å². The quantitative estimate of drug-likeness (QED) is 0.923. The molecule has 0 amide bonds. The molecule has 18 heavy (non-hydrogen) atoms. The van der Waals surface area contributed by atoms with Crippen molar-refractivity contribution < 1.29 is 0 Å². The molecule has 94 valence electrons. The van der Waals surface area contributed by atoms with E-state index in [1.807, 2.05) is 31.6 Å². The standard InChI is InChI=1S/C14H16BrN3/c1-16-14(7-11-3-2-6-17-9-11)8-13-5-4-12(15)10-18-13/h2-6,9-10,14,16H,7-8H2,1H3. The van der Waals surface area contributed by atoms with Crippen LogP contribution < -0.4 is 5.32 Å². The molecule has 1 N–H and O–H groups in total. The van der Waals surface area contributed by atoms with Crippen LogP contribution in [0.25, 0.3) is 0 Å². The summed E-state index contributed by atoms with van der Waals surface area (Å²) in [6.07, 6.45) is 7.43. The molecule has 0 aromatic carbocycles. The number of likely N-dealkylation sites (N-methyl/N-ethyl adjacent to an activating group) is 1. The van der Waals surface area contributed by atoms with Gasteiger partial charge in [0.2, 0.25) is 0 Å². The zero-order valence-corrected chi connectivity index (χ0v) is 11.9. The van der Waals surface area contributed by atoms with Gasteiger partial charge in [0.1, 0.15) is 0 Å². The van der Waals surface area contributed by atoms with Crippen molar-refractivity contribution in [1.29, 1.82) is 0 Å². The minimum atomic E-state index is 0.378. The van der Waals surface area contributed by atoms with Gasteiger partial charge in [-0.2, -0.15) is 0 Å². The molecular formula is C14H16BrN3. The van der Waals surface area contributed by atoms with Crippen LogP contribution >= 0.6 is 15.9 Å². The van der Waals surface area contributed by atoms with Crippen molar-refractivity contribution in [2.24, 2.45) is 0 Å². The van der Waals surface area contributed by atoms with Crippen LogP contribution in [0.2, 0.25) is 0 Å². The predicted octanol–water partition coefficient (Wildman–Crippen LogP) is 2.61. The number of halogens is 1. The smallest absolute Gasteiger partial charge is 0.0420 e. The number of nitrogens with one attached hydrogen (secondary N) is 1. The first-order valence-electron chi connectivity index (χ1n) is 5.94. The summed E-state index contributed by atoms with van der Waals surface area (Å²) in [5, 5.41) is 3.33. The first-order chi connectivity index (χ1) is 8.78. The van der Waals surface area contributed by atoms with E-state index < -0.39 is 0 Å². The lowest BCUT2D eigenvalue weighted by Crippen LogP contribution is -2.30. The molecule has 0 aliphatic carbocycles. The van der Waals surface area contributed by atoms with Gasteiger partial charge in [-0.05, 0) is 53.2 Å². The third-order valence-corrected chi connectivity index (χ3v) is 3.33. The van der Waals surface area contributed by atoms with E-state index in [0.717, 1.165) is 23.0 Å². The fourth-order valence-corrected chi connectivity index (χ4v) is 2.09. The molecule has 0 aliphatic heterocycles. The van der Waals surface area contributed by atoms with Gasteiger partial charge in [-0.15, -0.1) is 0 Å². The van der Waals surface area contributed by atoms with Gasteiger partial charge < -0.3 is 5.32 Å². The average molecular weight is 306 g/mol. The molecule has 0 bridgehead atoms. The van der Waals surface area contributed by atoms with Gasteiger partial charge in [0.25, 0.3) is 0 Å². The van der Waals surface area contributed by atoms with E-state index in [4.69, 9.17) is 0 Å². The topological polar surface area (TPSA) is 37.8 Å². The summed E-state index contributed by atoms with van der Waals surface area (Å²) in [4.78, 5) is 8.55. The minimum absolute atomic E-state index is 0.378. The maximum Gasteiger partial charge on any atom is 0.0420 e. The Hall–Kier alpha value is -1.26. The fraction of sp³-hybridized carbons (Fsp3) is 0.286. The summed E-state index contributed by atoms with van der Waals surface area (Å²) in [6, 6.07) is 8.53. The Morgan fingerprint density at radius 1 is 1.22 bits per heavy atom. The summed E-state index contributed by atoms with van der Waals surface area (Å²) >= 11 is 3.40. The normalized spacial score (nSPS) is 12.3. The zero-order chi connectivity index (χ0) is 12.8. The van der Waals surface area contributed by atoms with Crippen LogP contribution in [0.3, 0.4) is 0 Å². The third-order valence-electron chi connectivity index (χ3n) is 2.86. The molecule has 1 atom stereocenters. The molecule has 0 radical (unpaired) electrons. The highest BCUT2D eigenvalue weighted by atomic mass is 79.9. The Labute approximate surface area is 116 Å². The van der Waals surface area contributed by atoms with Crippen molar-refractivity contribution in [2.45, 2.75) is 18.9 Å². The van der Waals surface area contributed by atoms with E-state index in [9.17, 15) is 0 Å². The van der Waals surface area contributed by atoms with Gasteiger partial charge in [0, 0.05) is 41.2 Å². The lowest BCUT2D eigenvalue weighted by atomic mass is 10.0. The Morgan fingerprint density at radius 2 is 2.11 bits per heavy atom. The van der Waals surface area contributed by atoms with Crippen LogP contribution in [0.1, 0.15) is 11.3 Å².